The van der Waals surface area contributed by atoms with Gasteiger partial charge in [-0.3, -0.25) is 9.69 Å². The summed E-state index contributed by atoms with van der Waals surface area (Å²) in [5.74, 6) is -0.406. The number of thiocarbonyl (C=S) groups is 1. The van der Waals surface area contributed by atoms with Crippen LogP contribution in [0.25, 0.3) is 6.08 Å². The minimum absolute atomic E-state index is 0.0325. The van der Waals surface area contributed by atoms with E-state index in [0.29, 0.717) is 26.4 Å². The topological polar surface area (TPSA) is 78.9 Å². The average Bonchev–Trinajstić information content (AvgIpc) is 2.94. The first kappa shape index (κ1) is 18.9. The Hall–Kier alpha value is -2.84. The molecule has 1 heterocycles. The van der Waals surface area contributed by atoms with E-state index in [9.17, 15) is 14.7 Å². The Labute approximate surface area is 165 Å². The van der Waals surface area contributed by atoms with Crippen molar-refractivity contribution in [2.45, 2.75) is 0 Å². The number of hydrogen-bond donors (Lipinski definition) is 0. The molecular formula is C19H14NO5S2-. The van der Waals surface area contributed by atoms with Gasteiger partial charge in [-0.05, 0) is 41.5 Å². The largest absolute Gasteiger partial charge is 0.545 e. The number of methoxy groups -OCH3 is 2. The highest BCUT2D eigenvalue weighted by atomic mass is 32.2. The molecule has 1 fully saturated rings. The molecule has 0 radical (unpaired) electrons. The van der Waals surface area contributed by atoms with Crippen molar-refractivity contribution in [1.29, 1.82) is 0 Å². The third kappa shape index (κ3) is 3.81. The molecule has 6 nitrogen and oxygen atoms in total. The number of carboxylic acids is 1. The van der Waals surface area contributed by atoms with Crippen molar-refractivity contribution in [3.63, 3.8) is 0 Å². The number of thioether (sulfide) groups is 1. The zero-order valence-corrected chi connectivity index (χ0v) is 16.1. The van der Waals surface area contributed by atoms with Gasteiger partial charge in [-0.15, -0.1) is 0 Å². The predicted octanol–water partition coefficient (Wildman–Crippen LogP) is 2.47. The summed E-state index contributed by atoms with van der Waals surface area (Å²) in [6, 6.07) is 11.1. The van der Waals surface area contributed by atoms with Crippen LogP contribution in [0.15, 0.2) is 47.4 Å². The minimum Gasteiger partial charge on any atom is -0.545 e. The molecule has 0 N–H and O–H groups in total. The lowest BCUT2D eigenvalue weighted by Gasteiger charge is -2.15. The van der Waals surface area contributed by atoms with Gasteiger partial charge in [0.05, 0.1) is 30.8 Å². The van der Waals surface area contributed by atoms with E-state index in [1.54, 1.807) is 25.3 Å². The maximum absolute atomic E-state index is 12.8. The molecule has 1 saturated heterocycles. The molecule has 0 aromatic heterocycles. The normalized spacial score (nSPS) is 15.3. The van der Waals surface area contributed by atoms with Crippen LogP contribution in [0, 0.1) is 0 Å². The molecule has 0 atom stereocenters. The maximum Gasteiger partial charge on any atom is 0.270 e. The van der Waals surface area contributed by atoms with E-state index in [1.165, 1.54) is 48.0 Å². The van der Waals surface area contributed by atoms with Crippen molar-refractivity contribution in [3.8, 4) is 11.5 Å². The molecule has 27 heavy (non-hydrogen) atoms. The maximum atomic E-state index is 12.8. The van der Waals surface area contributed by atoms with Crippen LogP contribution in [-0.2, 0) is 4.79 Å². The first-order chi connectivity index (χ1) is 12.9. The van der Waals surface area contributed by atoms with Crippen LogP contribution in [0.2, 0.25) is 0 Å². The van der Waals surface area contributed by atoms with E-state index in [-0.39, 0.29) is 11.5 Å². The van der Waals surface area contributed by atoms with Crippen LogP contribution in [0.3, 0.4) is 0 Å². The summed E-state index contributed by atoms with van der Waals surface area (Å²) in [7, 11) is 3.09. The second-order valence-electron chi connectivity index (χ2n) is 5.47. The number of carboxylic acid groups (broad SMARTS) is 1. The molecule has 2 aromatic carbocycles. The standard InChI is InChI=1S/C19H15NO5S2/c1-24-14-8-3-11(9-15(14)25-2)10-16-17(21)20(19(26)27-16)13-6-4-12(5-7-13)18(22)23/h3-10H,1-2H3,(H,22,23)/p-1/b16-10-. The lowest BCUT2D eigenvalue weighted by atomic mass is 10.1. The molecule has 0 bridgehead atoms. The van der Waals surface area contributed by atoms with Gasteiger partial charge in [0.25, 0.3) is 5.91 Å². The lowest BCUT2D eigenvalue weighted by Crippen LogP contribution is -2.28. The highest BCUT2D eigenvalue weighted by molar-refractivity contribution is 8.27. The van der Waals surface area contributed by atoms with Crippen molar-refractivity contribution in [2.24, 2.45) is 0 Å². The number of carbonyl (C=O) groups is 2. The van der Waals surface area contributed by atoms with Crippen molar-refractivity contribution in [3.05, 3.63) is 58.5 Å². The quantitative estimate of drug-likeness (QED) is 0.563. The summed E-state index contributed by atoms with van der Waals surface area (Å²) >= 11 is 6.49. The number of ether oxygens (including phenoxy) is 2. The zero-order valence-electron chi connectivity index (χ0n) is 14.4. The lowest BCUT2D eigenvalue weighted by molar-refractivity contribution is -0.255. The molecule has 1 amide bonds. The molecule has 1 aliphatic heterocycles. The fourth-order valence-electron chi connectivity index (χ4n) is 2.53. The molecule has 2 aromatic rings. The van der Waals surface area contributed by atoms with E-state index < -0.39 is 5.97 Å². The summed E-state index contributed by atoms with van der Waals surface area (Å²) in [5, 5.41) is 10.9. The zero-order chi connectivity index (χ0) is 19.6. The SMILES string of the molecule is COc1ccc(/C=C2\SC(=S)N(c3ccc(C(=O)[O-])cc3)C2=O)cc1OC. The van der Waals surface area contributed by atoms with Crippen molar-refractivity contribution < 1.29 is 24.2 Å². The molecule has 0 aliphatic carbocycles. The number of aromatic carboxylic acids is 1. The predicted molar refractivity (Wildman–Crippen MR) is 106 cm³/mol. The summed E-state index contributed by atoms with van der Waals surface area (Å²) in [5.41, 5.74) is 1.30. The number of rotatable bonds is 5. The van der Waals surface area contributed by atoms with Gasteiger partial charge in [-0.25, -0.2) is 0 Å². The molecule has 1 aliphatic rings. The highest BCUT2D eigenvalue weighted by Gasteiger charge is 2.33. The fraction of sp³-hybridized carbons (Fsp3) is 0.105. The van der Waals surface area contributed by atoms with Crippen LogP contribution in [0.5, 0.6) is 11.5 Å². The summed E-state index contributed by atoms with van der Waals surface area (Å²) < 4.78 is 10.9. The first-order valence-corrected chi connectivity index (χ1v) is 8.98. The molecule has 0 unspecified atom stereocenters. The Bertz CT molecular complexity index is 953. The van der Waals surface area contributed by atoms with Crippen molar-refractivity contribution in [2.75, 3.05) is 19.1 Å². The van der Waals surface area contributed by atoms with E-state index in [1.807, 2.05) is 6.07 Å². The Kier molecular flexibility index (Phi) is 5.48. The van der Waals surface area contributed by atoms with Gasteiger partial charge in [0.2, 0.25) is 0 Å². The summed E-state index contributed by atoms with van der Waals surface area (Å²) in [6.45, 7) is 0. The molecule has 0 saturated carbocycles. The van der Waals surface area contributed by atoms with Gasteiger partial charge >= 0.3 is 0 Å². The van der Waals surface area contributed by atoms with E-state index >= 15 is 0 Å². The van der Waals surface area contributed by atoms with Gasteiger partial charge in [-0.1, -0.05) is 42.2 Å². The third-order valence-electron chi connectivity index (χ3n) is 3.86. The van der Waals surface area contributed by atoms with Crippen molar-refractivity contribution in [1.82, 2.24) is 0 Å². The Morgan fingerprint density at radius 2 is 1.78 bits per heavy atom. The number of hydrogen-bond acceptors (Lipinski definition) is 7. The van der Waals surface area contributed by atoms with Gasteiger partial charge in [0.1, 0.15) is 0 Å². The van der Waals surface area contributed by atoms with Gasteiger partial charge in [0.15, 0.2) is 15.8 Å². The summed E-state index contributed by atoms with van der Waals surface area (Å²) in [4.78, 5) is 25.5. The Morgan fingerprint density at radius 3 is 2.37 bits per heavy atom. The van der Waals surface area contributed by atoms with Gasteiger partial charge < -0.3 is 19.4 Å². The number of amides is 1. The molecular weight excluding hydrogens is 386 g/mol. The smallest absolute Gasteiger partial charge is 0.270 e. The van der Waals surface area contributed by atoms with E-state index in [2.05, 4.69) is 0 Å². The fourth-order valence-corrected chi connectivity index (χ4v) is 3.83. The van der Waals surface area contributed by atoms with Crippen LogP contribution >= 0.6 is 24.0 Å². The highest BCUT2D eigenvalue weighted by Crippen LogP contribution is 2.37. The second-order valence-corrected chi connectivity index (χ2v) is 7.14. The van der Waals surface area contributed by atoms with Gasteiger partial charge in [-0.2, -0.15) is 0 Å². The second kappa shape index (κ2) is 7.81. The van der Waals surface area contributed by atoms with Gasteiger partial charge in [0, 0.05) is 0 Å². The summed E-state index contributed by atoms with van der Waals surface area (Å²) in [6.07, 6.45) is 1.72. The Morgan fingerprint density at radius 1 is 1.11 bits per heavy atom. The van der Waals surface area contributed by atoms with Crippen LogP contribution in [-0.4, -0.2) is 30.4 Å². The minimum atomic E-state index is -1.28. The molecule has 0 spiro atoms. The van der Waals surface area contributed by atoms with Crippen LogP contribution < -0.4 is 19.5 Å². The van der Waals surface area contributed by atoms with Crippen molar-refractivity contribution >= 4 is 51.9 Å². The number of nitrogens with zero attached hydrogens (tertiary/aromatic N) is 1. The Balaban J connectivity index is 1.89. The first-order valence-electron chi connectivity index (χ1n) is 7.76. The molecule has 8 heteroatoms. The van der Waals surface area contributed by atoms with Crippen LogP contribution in [0.1, 0.15) is 15.9 Å². The van der Waals surface area contributed by atoms with Crippen LogP contribution in [0.4, 0.5) is 5.69 Å². The number of carbonyl (C=O) groups excluding carboxylic acids is 2. The number of anilines is 1. The van der Waals surface area contributed by atoms with E-state index in [4.69, 9.17) is 21.7 Å². The monoisotopic (exact) mass is 400 g/mol. The third-order valence-corrected chi connectivity index (χ3v) is 5.16. The number of benzene rings is 2. The average molecular weight is 400 g/mol. The molecule has 138 valence electrons. The van der Waals surface area contributed by atoms with E-state index in [0.717, 1.165) is 5.56 Å². The molecule has 3 rings (SSSR count).